The first-order chi connectivity index (χ1) is 20.3. The summed E-state index contributed by atoms with van der Waals surface area (Å²) in [5.74, 6) is 6.58. The summed E-state index contributed by atoms with van der Waals surface area (Å²) in [4.78, 5) is 2.54. The van der Waals surface area contributed by atoms with Gasteiger partial charge in [-0.15, -0.1) is 0 Å². The molecule has 0 aromatic carbocycles. The molecular weight excluding hydrogens is 539 g/mol. The third-order valence-corrected chi connectivity index (χ3v) is 15.6. The van der Waals surface area contributed by atoms with Gasteiger partial charge in [-0.2, -0.15) is 0 Å². The molecule has 1 N–H and O–H groups in total. The van der Waals surface area contributed by atoms with Crippen LogP contribution < -0.4 is 5.32 Å². The first-order valence-corrected chi connectivity index (χ1v) is 19.5. The molecule has 0 aromatic rings. The standard InChI is InChI=1S/C37H61FN2OS/c1-5-8-28(9-7-20-38)29-13-17-35(3)31(27(29)2)14-18-36(4)32-15-19-37(39-21-22-40-23-25-42(41)26-24-40)16-6-10-33(37)30(32)11-12-34(35)36/h8,13,27,30-34,39H,5-7,9-12,14-26H2,1-4H3/b28-8+. The molecule has 238 valence electrons. The predicted molar refractivity (Wildman–Crippen MR) is 176 cm³/mol. The van der Waals surface area contributed by atoms with Gasteiger partial charge in [0, 0.05) is 54.0 Å². The number of rotatable bonds is 9. The van der Waals surface area contributed by atoms with Crippen molar-refractivity contribution in [2.24, 2.45) is 46.3 Å². The summed E-state index contributed by atoms with van der Waals surface area (Å²) < 4.78 is 24.9. The second-order valence-corrected chi connectivity index (χ2v) is 17.6. The maximum Gasteiger partial charge on any atom is 0.0897 e. The minimum Gasteiger partial charge on any atom is -0.310 e. The van der Waals surface area contributed by atoms with Crippen LogP contribution in [0.5, 0.6) is 0 Å². The first-order valence-electron chi connectivity index (χ1n) is 18.0. The number of nitrogens with one attached hydrogen (secondary N) is 1. The van der Waals surface area contributed by atoms with Crippen molar-refractivity contribution in [1.82, 2.24) is 10.2 Å². The third-order valence-electron chi connectivity index (χ3n) is 14.3. The molecule has 5 heteroatoms. The Morgan fingerprint density at radius 1 is 1.05 bits per heavy atom. The van der Waals surface area contributed by atoms with E-state index >= 15 is 0 Å². The van der Waals surface area contributed by atoms with Gasteiger partial charge in [0.05, 0.1) is 6.67 Å². The molecule has 0 aromatic heterocycles. The molecule has 5 aliphatic carbocycles. The molecule has 0 bridgehead atoms. The lowest BCUT2D eigenvalue weighted by atomic mass is 9.38. The van der Waals surface area contributed by atoms with Crippen LogP contribution in [0.4, 0.5) is 4.39 Å². The van der Waals surface area contributed by atoms with Crippen LogP contribution in [-0.4, -0.2) is 59.0 Å². The fourth-order valence-electron chi connectivity index (χ4n) is 12.4. The molecule has 1 aliphatic heterocycles. The lowest BCUT2D eigenvalue weighted by molar-refractivity contribution is -0.166. The number of nitrogens with zero attached hydrogens (tertiary/aromatic N) is 1. The maximum atomic E-state index is 13.1. The molecule has 5 fully saturated rings. The quantitative estimate of drug-likeness (QED) is 0.290. The van der Waals surface area contributed by atoms with E-state index in [9.17, 15) is 8.60 Å². The van der Waals surface area contributed by atoms with E-state index in [-0.39, 0.29) is 6.67 Å². The number of hydrogen-bond donors (Lipinski definition) is 1. The molecule has 1 heterocycles. The van der Waals surface area contributed by atoms with Gasteiger partial charge in [-0.1, -0.05) is 46.3 Å². The van der Waals surface area contributed by atoms with Crippen LogP contribution in [-0.2, 0) is 10.8 Å². The highest BCUT2D eigenvalue weighted by atomic mass is 32.2. The lowest BCUT2D eigenvalue weighted by Crippen LogP contribution is -2.63. The SMILES string of the molecule is CC/C=C(\CCCF)C1=CCC2(C)C(CCC3(C)C4CCC5(NCCN6CCS(=O)CC6)CCCC5C4CCC23)C1C. The summed E-state index contributed by atoms with van der Waals surface area (Å²) in [7, 11) is -0.583. The Labute approximate surface area is 259 Å². The Hall–Kier alpha value is -0.520. The van der Waals surface area contributed by atoms with Crippen LogP contribution in [0, 0.1) is 46.3 Å². The summed E-state index contributed by atoms with van der Waals surface area (Å²) in [6, 6.07) is 0. The zero-order valence-corrected chi connectivity index (χ0v) is 28.2. The van der Waals surface area contributed by atoms with Gasteiger partial charge in [0.2, 0.25) is 0 Å². The third kappa shape index (κ3) is 5.46. The summed E-state index contributed by atoms with van der Waals surface area (Å²) >= 11 is 0. The summed E-state index contributed by atoms with van der Waals surface area (Å²) in [5, 5.41) is 4.22. The Morgan fingerprint density at radius 3 is 2.60 bits per heavy atom. The van der Waals surface area contributed by atoms with Crippen molar-refractivity contribution in [2.45, 2.75) is 117 Å². The molecule has 0 radical (unpaired) electrons. The molecule has 6 aliphatic rings. The van der Waals surface area contributed by atoms with Gasteiger partial charge in [-0.25, -0.2) is 0 Å². The minimum absolute atomic E-state index is 0.202. The van der Waals surface area contributed by atoms with E-state index in [0.717, 1.165) is 80.1 Å². The van der Waals surface area contributed by atoms with Crippen molar-refractivity contribution in [1.29, 1.82) is 0 Å². The number of allylic oxidation sites excluding steroid dienone is 4. The fraction of sp³-hybridized carbons (Fsp3) is 0.892. The summed E-state index contributed by atoms with van der Waals surface area (Å²) in [6.45, 7) is 14.2. The Kier molecular flexibility index (Phi) is 9.51. The zero-order chi connectivity index (χ0) is 29.5. The van der Waals surface area contributed by atoms with Crippen molar-refractivity contribution in [3.63, 3.8) is 0 Å². The summed E-state index contributed by atoms with van der Waals surface area (Å²) in [6.07, 6.45) is 21.6. The topological polar surface area (TPSA) is 32.3 Å². The molecule has 9 unspecified atom stereocenters. The van der Waals surface area contributed by atoms with Crippen molar-refractivity contribution < 1.29 is 8.60 Å². The van der Waals surface area contributed by atoms with E-state index < -0.39 is 10.8 Å². The van der Waals surface area contributed by atoms with E-state index in [2.05, 4.69) is 50.1 Å². The molecule has 4 saturated carbocycles. The van der Waals surface area contributed by atoms with Gasteiger partial charge in [0.25, 0.3) is 0 Å². The van der Waals surface area contributed by atoms with Crippen LogP contribution in [0.15, 0.2) is 23.3 Å². The Morgan fingerprint density at radius 2 is 1.83 bits per heavy atom. The average Bonchev–Trinajstić information content (AvgIpc) is 3.41. The number of halogens is 1. The number of fused-ring (bicyclic) bond motifs is 7. The van der Waals surface area contributed by atoms with Gasteiger partial charge >= 0.3 is 0 Å². The molecule has 42 heavy (non-hydrogen) atoms. The van der Waals surface area contributed by atoms with E-state index in [1.807, 2.05) is 0 Å². The monoisotopic (exact) mass is 600 g/mol. The van der Waals surface area contributed by atoms with E-state index in [1.165, 1.54) is 69.8 Å². The number of alkyl halides is 1. The van der Waals surface area contributed by atoms with Crippen LogP contribution >= 0.6 is 0 Å². The summed E-state index contributed by atoms with van der Waals surface area (Å²) in [5.41, 5.74) is 4.28. The first kappa shape index (κ1) is 31.5. The molecule has 3 nitrogen and oxygen atoms in total. The predicted octanol–water partition coefficient (Wildman–Crippen LogP) is 8.09. The van der Waals surface area contributed by atoms with Crippen molar-refractivity contribution in [3.8, 4) is 0 Å². The normalized spacial score (nSPS) is 44.6. The van der Waals surface area contributed by atoms with E-state index in [1.54, 1.807) is 5.57 Å². The van der Waals surface area contributed by atoms with E-state index in [0.29, 0.717) is 28.7 Å². The maximum absolute atomic E-state index is 13.1. The molecule has 1 saturated heterocycles. The van der Waals surface area contributed by atoms with Gasteiger partial charge in [-0.05, 0) is 135 Å². The largest absolute Gasteiger partial charge is 0.310 e. The number of hydrogen-bond acceptors (Lipinski definition) is 3. The van der Waals surface area contributed by atoms with Crippen LogP contribution in [0.25, 0.3) is 0 Å². The smallest absolute Gasteiger partial charge is 0.0897 e. The van der Waals surface area contributed by atoms with Gasteiger partial charge in [-0.3, -0.25) is 8.60 Å². The lowest BCUT2D eigenvalue weighted by Gasteiger charge is -2.67. The Balaban J connectivity index is 1.16. The average molecular weight is 601 g/mol. The second-order valence-electron chi connectivity index (χ2n) is 15.9. The van der Waals surface area contributed by atoms with Crippen LogP contribution in [0.1, 0.15) is 111 Å². The van der Waals surface area contributed by atoms with Gasteiger partial charge in [0.1, 0.15) is 0 Å². The van der Waals surface area contributed by atoms with Gasteiger partial charge in [0.15, 0.2) is 0 Å². The molecule has 0 spiro atoms. The molecule has 9 atom stereocenters. The van der Waals surface area contributed by atoms with Crippen LogP contribution in [0.3, 0.4) is 0 Å². The highest BCUT2D eigenvalue weighted by molar-refractivity contribution is 7.85. The van der Waals surface area contributed by atoms with Crippen molar-refractivity contribution in [3.05, 3.63) is 23.3 Å². The van der Waals surface area contributed by atoms with Crippen LogP contribution in [0.2, 0.25) is 0 Å². The fourth-order valence-corrected chi connectivity index (χ4v) is 13.5. The van der Waals surface area contributed by atoms with E-state index in [4.69, 9.17) is 0 Å². The molecule has 0 amide bonds. The van der Waals surface area contributed by atoms with Crippen molar-refractivity contribution in [2.75, 3.05) is 44.4 Å². The van der Waals surface area contributed by atoms with Crippen molar-refractivity contribution >= 4 is 10.8 Å². The minimum atomic E-state index is -0.583. The molecular formula is C37H61FN2OS. The Bertz CT molecular complexity index is 1050. The second kappa shape index (κ2) is 12.7. The zero-order valence-electron chi connectivity index (χ0n) is 27.4. The highest BCUT2D eigenvalue weighted by Crippen LogP contribution is 2.70. The molecule has 6 rings (SSSR count). The highest BCUT2D eigenvalue weighted by Gasteiger charge is 2.64. The van der Waals surface area contributed by atoms with Gasteiger partial charge < -0.3 is 10.2 Å².